The van der Waals surface area contributed by atoms with Gasteiger partial charge in [-0.3, -0.25) is 0 Å². The Bertz CT molecular complexity index is 1140. The Morgan fingerprint density at radius 1 is 1.00 bits per heavy atom. The summed E-state index contributed by atoms with van der Waals surface area (Å²) in [6.07, 6.45) is 7.90. The fraction of sp³-hybridized carbons (Fsp3) is 0.286. The maximum Gasteiger partial charge on any atom is 0.182 e. The third-order valence-corrected chi connectivity index (χ3v) is 5.92. The Labute approximate surface area is 184 Å². The second-order valence-electron chi connectivity index (χ2n) is 8.09. The number of ether oxygens (including phenoxy) is 1. The molecule has 0 aliphatic heterocycles. The highest BCUT2D eigenvalue weighted by Crippen LogP contribution is 2.27. The molecule has 154 valence electrons. The van der Waals surface area contributed by atoms with Crippen LogP contribution in [0, 0.1) is 36.0 Å². The molecule has 1 heterocycles. The molecule has 3 aromatic rings. The van der Waals surface area contributed by atoms with Gasteiger partial charge in [0.25, 0.3) is 0 Å². The van der Waals surface area contributed by atoms with Crippen LogP contribution in [0.4, 0.5) is 0 Å². The minimum atomic E-state index is 0.323. The number of hydrogen-bond donors (Lipinski definition) is 0. The van der Waals surface area contributed by atoms with Gasteiger partial charge in [-0.15, -0.1) is 0 Å². The molecule has 3 heteroatoms. The highest BCUT2D eigenvalue weighted by molar-refractivity contribution is 5.70. The first-order chi connectivity index (χ1) is 15.2. The maximum atomic E-state index is 9.40. The Balaban J connectivity index is 1.56. The normalized spacial score (nSPS) is 13.7. The van der Waals surface area contributed by atoms with Gasteiger partial charge in [-0.1, -0.05) is 73.6 Å². The van der Waals surface area contributed by atoms with E-state index < -0.39 is 0 Å². The lowest BCUT2D eigenvalue weighted by Gasteiger charge is -2.21. The Morgan fingerprint density at radius 2 is 1.81 bits per heavy atom. The van der Waals surface area contributed by atoms with Crippen molar-refractivity contribution in [1.82, 2.24) is 4.98 Å². The van der Waals surface area contributed by atoms with Gasteiger partial charge in [-0.05, 0) is 48.4 Å². The standard InChI is InChI=1S/C28H26N2O/c1-21-24(13-8-14-26(21)25-11-6-3-7-12-25)16-15-23-17-28(27(18-29)30-19-23)31-20-22-9-4-2-5-10-22/h3,6-8,11-14,17,19,22H,2,4-5,9-10,20H2,1H3. The molecule has 4 rings (SSSR count). The first kappa shape index (κ1) is 20.7. The molecule has 1 saturated carbocycles. The molecular weight excluding hydrogens is 380 g/mol. The zero-order chi connectivity index (χ0) is 21.5. The van der Waals surface area contributed by atoms with Crippen molar-refractivity contribution in [2.45, 2.75) is 39.0 Å². The fourth-order valence-electron chi connectivity index (χ4n) is 4.11. The molecule has 0 saturated heterocycles. The van der Waals surface area contributed by atoms with Gasteiger partial charge in [0.05, 0.1) is 6.61 Å². The van der Waals surface area contributed by atoms with E-state index in [0.717, 1.165) is 16.7 Å². The van der Waals surface area contributed by atoms with Crippen LogP contribution >= 0.6 is 0 Å². The number of aromatic nitrogens is 1. The van der Waals surface area contributed by atoms with E-state index in [1.54, 1.807) is 6.20 Å². The largest absolute Gasteiger partial charge is 0.490 e. The minimum Gasteiger partial charge on any atom is -0.490 e. The van der Waals surface area contributed by atoms with Gasteiger partial charge in [0, 0.05) is 23.4 Å². The summed E-state index contributed by atoms with van der Waals surface area (Å²) in [6.45, 7) is 2.74. The van der Waals surface area contributed by atoms with Gasteiger partial charge in [0.2, 0.25) is 0 Å². The lowest BCUT2D eigenvalue weighted by Crippen LogP contribution is -2.15. The number of benzene rings is 2. The first-order valence-corrected chi connectivity index (χ1v) is 10.9. The lowest BCUT2D eigenvalue weighted by molar-refractivity contribution is 0.208. The fourth-order valence-corrected chi connectivity index (χ4v) is 4.11. The number of hydrogen-bond acceptors (Lipinski definition) is 3. The van der Waals surface area contributed by atoms with Gasteiger partial charge in [0.15, 0.2) is 11.4 Å². The molecule has 2 aromatic carbocycles. The predicted octanol–water partition coefficient (Wildman–Crippen LogP) is 6.29. The van der Waals surface area contributed by atoms with Crippen LogP contribution in [0.15, 0.2) is 60.8 Å². The Morgan fingerprint density at radius 3 is 2.58 bits per heavy atom. The molecule has 0 spiro atoms. The van der Waals surface area contributed by atoms with E-state index in [1.807, 2.05) is 36.4 Å². The van der Waals surface area contributed by atoms with Gasteiger partial charge >= 0.3 is 0 Å². The maximum absolute atomic E-state index is 9.40. The number of pyridine rings is 1. The van der Waals surface area contributed by atoms with Crippen LogP contribution in [0.3, 0.4) is 0 Å². The summed E-state index contributed by atoms with van der Waals surface area (Å²) in [5, 5.41) is 9.40. The SMILES string of the molecule is Cc1c(C#Cc2cnc(C#N)c(OCC3CCCCC3)c2)cccc1-c1ccccc1. The smallest absolute Gasteiger partial charge is 0.182 e. The highest BCUT2D eigenvalue weighted by Gasteiger charge is 2.15. The molecule has 1 aliphatic carbocycles. The summed E-state index contributed by atoms with van der Waals surface area (Å²) in [5.41, 5.74) is 5.57. The molecule has 0 N–H and O–H groups in total. The van der Waals surface area contributed by atoms with Crippen molar-refractivity contribution in [3.63, 3.8) is 0 Å². The molecule has 31 heavy (non-hydrogen) atoms. The van der Waals surface area contributed by atoms with Crippen LogP contribution < -0.4 is 4.74 Å². The zero-order valence-corrected chi connectivity index (χ0v) is 17.9. The lowest BCUT2D eigenvalue weighted by atomic mass is 9.90. The highest BCUT2D eigenvalue weighted by atomic mass is 16.5. The summed E-state index contributed by atoms with van der Waals surface area (Å²) in [6, 6.07) is 20.5. The number of nitrogens with zero attached hydrogens (tertiary/aromatic N) is 2. The Hall–Kier alpha value is -3.56. The molecular formula is C28H26N2O. The van der Waals surface area contributed by atoms with Gasteiger partial charge < -0.3 is 4.74 Å². The minimum absolute atomic E-state index is 0.323. The topological polar surface area (TPSA) is 45.9 Å². The van der Waals surface area contributed by atoms with E-state index in [1.165, 1.54) is 43.2 Å². The molecule has 0 unspecified atom stereocenters. The second-order valence-corrected chi connectivity index (χ2v) is 8.09. The Kier molecular flexibility index (Phi) is 6.65. The van der Waals surface area contributed by atoms with E-state index >= 15 is 0 Å². The average Bonchev–Trinajstić information content (AvgIpc) is 2.83. The third-order valence-electron chi connectivity index (χ3n) is 5.92. The van der Waals surface area contributed by atoms with Crippen molar-refractivity contribution >= 4 is 0 Å². The monoisotopic (exact) mass is 406 g/mol. The van der Waals surface area contributed by atoms with Gasteiger partial charge in [-0.2, -0.15) is 5.26 Å². The van der Waals surface area contributed by atoms with Crippen LogP contribution in [-0.4, -0.2) is 11.6 Å². The molecule has 3 nitrogen and oxygen atoms in total. The van der Waals surface area contributed by atoms with Crippen molar-refractivity contribution in [1.29, 1.82) is 5.26 Å². The van der Waals surface area contributed by atoms with Crippen LogP contribution in [0.2, 0.25) is 0 Å². The van der Waals surface area contributed by atoms with Crippen molar-refractivity contribution in [3.05, 3.63) is 83.2 Å². The molecule has 0 amide bonds. The van der Waals surface area contributed by atoms with E-state index in [0.29, 0.717) is 24.0 Å². The molecule has 0 radical (unpaired) electrons. The van der Waals surface area contributed by atoms with Crippen molar-refractivity contribution < 1.29 is 4.74 Å². The van der Waals surface area contributed by atoms with Crippen LogP contribution in [0.1, 0.15) is 54.5 Å². The molecule has 0 bridgehead atoms. The molecule has 0 atom stereocenters. The van der Waals surface area contributed by atoms with Crippen molar-refractivity contribution in [2.24, 2.45) is 5.92 Å². The van der Waals surface area contributed by atoms with E-state index in [4.69, 9.17) is 4.74 Å². The second kappa shape index (κ2) is 9.96. The quantitative estimate of drug-likeness (QED) is 0.479. The van der Waals surface area contributed by atoms with Crippen LogP contribution in [0.5, 0.6) is 5.75 Å². The zero-order valence-electron chi connectivity index (χ0n) is 17.9. The van der Waals surface area contributed by atoms with Crippen LogP contribution in [-0.2, 0) is 0 Å². The first-order valence-electron chi connectivity index (χ1n) is 10.9. The summed E-state index contributed by atoms with van der Waals surface area (Å²) >= 11 is 0. The number of rotatable bonds is 4. The van der Waals surface area contributed by atoms with Crippen LogP contribution in [0.25, 0.3) is 11.1 Å². The summed E-state index contributed by atoms with van der Waals surface area (Å²) in [4.78, 5) is 4.27. The predicted molar refractivity (Wildman–Crippen MR) is 124 cm³/mol. The van der Waals surface area contributed by atoms with Crippen molar-refractivity contribution in [3.8, 4) is 34.8 Å². The van der Waals surface area contributed by atoms with Gasteiger partial charge in [-0.25, -0.2) is 4.98 Å². The molecule has 1 aliphatic rings. The molecule has 1 aromatic heterocycles. The van der Waals surface area contributed by atoms with Crippen molar-refractivity contribution in [2.75, 3.05) is 6.61 Å². The van der Waals surface area contributed by atoms with Gasteiger partial charge in [0.1, 0.15) is 6.07 Å². The van der Waals surface area contributed by atoms with E-state index in [2.05, 4.69) is 48.0 Å². The molecule has 1 fully saturated rings. The summed E-state index contributed by atoms with van der Waals surface area (Å²) in [7, 11) is 0. The van der Waals surface area contributed by atoms with E-state index in [9.17, 15) is 5.26 Å². The summed E-state index contributed by atoms with van der Waals surface area (Å²) in [5.74, 6) is 7.59. The summed E-state index contributed by atoms with van der Waals surface area (Å²) < 4.78 is 6.01. The average molecular weight is 407 g/mol. The number of nitriles is 1. The third kappa shape index (κ3) is 5.14. The van der Waals surface area contributed by atoms with E-state index in [-0.39, 0.29) is 0 Å².